The monoisotopic (exact) mass is 771 g/mol. The first-order chi connectivity index (χ1) is 25.6. The Bertz CT molecular complexity index is 1550. The third-order valence-corrected chi connectivity index (χ3v) is 11.8. The first kappa shape index (κ1) is 41.9. The lowest BCUT2D eigenvalue weighted by Crippen LogP contribution is -2.33. The average molecular weight is 772 g/mol. The molecule has 2 fully saturated rings. The molecule has 1 aromatic rings. The van der Waals surface area contributed by atoms with Crippen LogP contribution >= 0.6 is 23.5 Å². The van der Waals surface area contributed by atoms with Crippen molar-refractivity contribution in [2.24, 2.45) is 11.8 Å². The van der Waals surface area contributed by atoms with Gasteiger partial charge in [-0.1, -0.05) is 49.9 Å². The SMILES string of the molecule is [C-]#[N+]/C(C(=O)OCCCC)=C1/Sc2c(OC(C)=O)ccc(OC(=O)C3CCC(OC(=O)C4CCC(OCCCCCCOC(=O)C=C)CC4)CC3)c2S1. The number of rotatable bonds is 18. The van der Waals surface area contributed by atoms with Gasteiger partial charge in [0.25, 0.3) is 5.70 Å². The smallest absolute Gasteiger partial charge is 0.338 e. The molecule has 0 atom stereocenters. The van der Waals surface area contributed by atoms with Crippen LogP contribution < -0.4 is 9.47 Å². The molecular formula is C39H49NO11S2. The summed E-state index contributed by atoms with van der Waals surface area (Å²) in [5.74, 6) is -2.32. The van der Waals surface area contributed by atoms with Crippen molar-refractivity contribution in [2.75, 3.05) is 19.8 Å². The fourth-order valence-corrected chi connectivity index (χ4v) is 8.81. The number of thioether (sulfide) groups is 2. The van der Waals surface area contributed by atoms with Crippen LogP contribution in [-0.2, 0) is 42.9 Å². The molecule has 0 spiro atoms. The van der Waals surface area contributed by atoms with E-state index in [0.29, 0.717) is 59.3 Å². The lowest BCUT2D eigenvalue weighted by Gasteiger charge is -2.31. The zero-order chi connectivity index (χ0) is 38.2. The van der Waals surface area contributed by atoms with E-state index in [9.17, 15) is 24.0 Å². The van der Waals surface area contributed by atoms with Gasteiger partial charge in [-0.15, -0.1) is 0 Å². The van der Waals surface area contributed by atoms with Crippen LogP contribution in [0.4, 0.5) is 0 Å². The molecule has 0 unspecified atom stereocenters. The number of hydrogen-bond acceptors (Lipinski definition) is 13. The van der Waals surface area contributed by atoms with Crippen molar-refractivity contribution in [2.45, 2.75) is 126 Å². The predicted molar refractivity (Wildman–Crippen MR) is 198 cm³/mol. The van der Waals surface area contributed by atoms with Crippen LogP contribution in [0.1, 0.15) is 104 Å². The van der Waals surface area contributed by atoms with E-state index in [2.05, 4.69) is 11.4 Å². The van der Waals surface area contributed by atoms with Gasteiger partial charge >= 0.3 is 29.8 Å². The highest BCUT2D eigenvalue weighted by atomic mass is 32.2. The first-order valence-electron chi connectivity index (χ1n) is 18.5. The number of esters is 5. The molecule has 0 bridgehead atoms. The number of benzene rings is 1. The lowest BCUT2D eigenvalue weighted by molar-refractivity contribution is -0.159. The molecular weight excluding hydrogens is 723 g/mol. The topological polar surface area (TPSA) is 145 Å². The quantitative estimate of drug-likeness (QED) is 0.0354. The number of unbranched alkanes of at least 4 members (excludes halogenated alkanes) is 4. The van der Waals surface area contributed by atoms with Crippen molar-refractivity contribution in [3.63, 3.8) is 0 Å². The number of hydrogen-bond donors (Lipinski definition) is 0. The minimum absolute atomic E-state index is 0.148. The Hall–Kier alpha value is -3.80. The summed E-state index contributed by atoms with van der Waals surface area (Å²) in [6.45, 7) is 15.5. The van der Waals surface area contributed by atoms with E-state index in [1.165, 1.54) is 19.1 Å². The third-order valence-electron chi connectivity index (χ3n) is 9.22. The Balaban J connectivity index is 1.21. The van der Waals surface area contributed by atoms with Crippen LogP contribution in [-0.4, -0.2) is 61.9 Å². The van der Waals surface area contributed by atoms with E-state index in [-0.39, 0.29) is 47.9 Å². The average Bonchev–Trinajstić information content (AvgIpc) is 3.60. The van der Waals surface area contributed by atoms with E-state index < -0.39 is 29.8 Å². The summed E-state index contributed by atoms with van der Waals surface area (Å²) in [7, 11) is 0. The Morgan fingerprint density at radius 2 is 1.34 bits per heavy atom. The zero-order valence-electron chi connectivity index (χ0n) is 30.5. The zero-order valence-corrected chi connectivity index (χ0v) is 32.2. The van der Waals surface area contributed by atoms with Crippen LogP contribution in [0.3, 0.4) is 0 Å². The van der Waals surface area contributed by atoms with Gasteiger partial charge in [0.15, 0.2) is 0 Å². The molecule has 0 radical (unpaired) electrons. The van der Waals surface area contributed by atoms with Crippen molar-refractivity contribution in [3.8, 4) is 11.5 Å². The lowest BCUT2D eigenvalue weighted by atomic mass is 9.86. The van der Waals surface area contributed by atoms with Crippen LogP contribution in [0.5, 0.6) is 11.5 Å². The molecule has 0 aromatic heterocycles. The molecule has 288 valence electrons. The number of carbonyl (C=O) groups excluding carboxylic acids is 5. The second-order valence-electron chi connectivity index (χ2n) is 13.2. The van der Waals surface area contributed by atoms with Gasteiger partial charge in [-0.2, -0.15) is 0 Å². The van der Waals surface area contributed by atoms with E-state index >= 15 is 0 Å². The molecule has 1 aromatic carbocycles. The van der Waals surface area contributed by atoms with Gasteiger partial charge in [0, 0.05) is 19.6 Å². The molecule has 4 rings (SSSR count). The first-order valence-corrected chi connectivity index (χ1v) is 20.1. The molecule has 14 heteroatoms. The Labute approximate surface area is 319 Å². The van der Waals surface area contributed by atoms with Gasteiger partial charge in [0.2, 0.25) is 0 Å². The largest absolute Gasteiger partial charge is 0.471 e. The molecule has 53 heavy (non-hydrogen) atoms. The van der Waals surface area contributed by atoms with Gasteiger partial charge in [-0.25, -0.2) is 9.64 Å². The van der Waals surface area contributed by atoms with Crippen molar-refractivity contribution in [3.05, 3.63) is 46.1 Å². The van der Waals surface area contributed by atoms with Gasteiger partial charge in [-0.05, 0) is 89.2 Å². The summed E-state index contributed by atoms with van der Waals surface area (Å²) < 4.78 is 33.8. The number of carbonyl (C=O) groups is 5. The molecule has 1 heterocycles. The standard InChI is InChI=1S/C39H49NO11S2/c1-5-7-22-48-38(45)33(40-4)39-52-34-30(49-25(3)41)20-21-31(35(34)53-39)51-37(44)27-14-18-29(19-15-27)50-36(43)26-12-16-28(17-13-26)46-23-10-8-9-11-24-47-32(42)6-2/h6,20-21,26-29H,2,5,7-19,22-24H2,1,3H3/b39-33-. The summed E-state index contributed by atoms with van der Waals surface area (Å²) in [5, 5.41) is 0. The van der Waals surface area contributed by atoms with Crippen molar-refractivity contribution in [1.82, 2.24) is 0 Å². The predicted octanol–water partition coefficient (Wildman–Crippen LogP) is 8.11. The summed E-state index contributed by atoms with van der Waals surface area (Å²) >= 11 is 2.20. The number of nitrogens with zero attached hydrogens (tertiary/aromatic N) is 1. The highest BCUT2D eigenvalue weighted by Crippen LogP contribution is 2.59. The maximum absolute atomic E-state index is 13.4. The molecule has 0 amide bonds. The van der Waals surface area contributed by atoms with E-state index in [4.69, 9.17) is 35.0 Å². The van der Waals surface area contributed by atoms with E-state index in [1.54, 1.807) is 6.07 Å². The highest BCUT2D eigenvalue weighted by Gasteiger charge is 2.35. The highest BCUT2D eigenvalue weighted by molar-refractivity contribution is 8.24. The summed E-state index contributed by atoms with van der Waals surface area (Å²) in [6.07, 6.45) is 11.5. The summed E-state index contributed by atoms with van der Waals surface area (Å²) in [4.78, 5) is 66.3. The molecule has 1 aliphatic heterocycles. The normalized spacial score (nSPS) is 21.7. The molecule has 0 N–H and O–H groups in total. The van der Waals surface area contributed by atoms with Gasteiger partial charge in [0.05, 0.1) is 51.8 Å². The minimum Gasteiger partial charge on any atom is -0.471 e. The van der Waals surface area contributed by atoms with Crippen LogP contribution in [0.15, 0.2) is 44.5 Å². The number of ether oxygens (including phenoxy) is 6. The van der Waals surface area contributed by atoms with Crippen molar-refractivity contribution < 1.29 is 52.4 Å². The molecule has 2 saturated carbocycles. The van der Waals surface area contributed by atoms with Crippen molar-refractivity contribution in [1.29, 1.82) is 0 Å². The van der Waals surface area contributed by atoms with Gasteiger partial charge < -0.3 is 28.4 Å². The van der Waals surface area contributed by atoms with Crippen LogP contribution in [0, 0.1) is 18.4 Å². The fraction of sp³-hybridized carbons (Fsp3) is 0.590. The number of fused-ring (bicyclic) bond motifs is 1. The maximum Gasteiger partial charge on any atom is 0.338 e. The molecule has 2 aliphatic carbocycles. The molecule has 3 aliphatic rings. The van der Waals surface area contributed by atoms with E-state index in [1.807, 2.05) is 6.92 Å². The molecule has 0 saturated heterocycles. The minimum atomic E-state index is -0.732. The second kappa shape index (κ2) is 21.8. The summed E-state index contributed by atoms with van der Waals surface area (Å²) in [5.41, 5.74) is -0.182. The third kappa shape index (κ3) is 12.9. The van der Waals surface area contributed by atoms with Crippen molar-refractivity contribution >= 4 is 53.4 Å². The van der Waals surface area contributed by atoms with Gasteiger partial charge in [-0.3, -0.25) is 19.2 Å². The Morgan fingerprint density at radius 1 is 0.774 bits per heavy atom. The van der Waals surface area contributed by atoms with E-state index in [0.717, 1.165) is 81.3 Å². The summed E-state index contributed by atoms with van der Waals surface area (Å²) in [6, 6.07) is 3.08. The second-order valence-corrected chi connectivity index (χ2v) is 15.5. The van der Waals surface area contributed by atoms with Gasteiger partial charge in [0.1, 0.15) is 17.6 Å². The Kier molecular flexibility index (Phi) is 17.2. The van der Waals surface area contributed by atoms with Crippen LogP contribution in [0.25, 0.3) is 4.85 Å². The molecule has 12 nitrogen and oxygen atoms in total. The fourth-order valence-electron chi connectivity index (χ4n) is 6.26. The maximum atomic E-state index is 13.4. The Morgan fingerprint density at radius 3 is 1.92 bits per heavy atom. The van der Waals surface area contributed by atoms with Crippen LogP contribution in [0.2, 0.25) is 0 Å².